The van der Waals surface area contributed by atoms with Crippen molar-refractivity contribution in [1.82, 2.24) is 29.4 Å². The van der Waals surface area contributed by atoms with Crippen LogP contribution in [0.2, 0.25) is 0 Å². The molecule has 0 saturated carbocycles. The Morgan fingerprint density at radius 2 is 1.85 bits per heavy atom. The first kappa shape index (κ1) is 28.8. The van der Waals surface area contributed by atoms with Crippen LogP contribution in [0.3, 0.4) is 0 Å². The molecule has 218 valence electrons. The minimum Gasteiger partial charge on any atom is -0.444 e. The predicted molar refractivity (Wildman–Crippen MR) is 162 cm³/mol. The van der Waals surface area contributed by atoms with Crippen LogP contribution in [0.1, 0.15) is 86.3 Å². The number of pyridine rings is 1. The largest absolute Gasteiger partial charge is 0.444 e. The predicted octanol–water partition coefficient (Wildman–Crippen LogP) is 6.07. The van der Waals surface area contributed by atoms with Gasteiger partial charge in [-0.05, 0) is 107 Å². The third-order valence-corrected chi connectivity index (χ3v) is 8.13. The number of aryl methyl sites for hydroxylation is 1. The third-order valence-electron chi connectivity index (χ3n) is 8.13. The van der Waals surface area contributed by atoms with Crippen LogP contribution in [0.4, 0.5) is 4.79 Å². The summed E-state index contributed by atoms with van der Waals surface area (Å²) in [6.07, 6.45) is 5.18. The molecule has 0 unspecified atom stereocenters. The first-order valence-electron chi connectivity index (χ1n) is 14.5. The van der Waals surface area contributed by atoms with Gasteiger partial charge in [0.25, 0.3) is 5.91 Å². The lowest BCUT2D eigenvalue weighted by molar-refractivity contribution is 0.0287. The average Bonchev–Trinajstić information content (AvgIpc) is 3.52. The maximum atomic E-state index is 14.2. The number of nitrogens with zero attached hydrogens (tertiary/aromatic N) is 5. The summed E-state index contributed by atoms with van der Waals surface area (Å²) in [7, 11) is 1.60. The van der Waals surface area contributed by atoms with Gasteiger partial charge in [0, 0.05) is 24.2 Å². The van der Waals surface area contributed by atoms with E-state index in [1.807, 2.05) is 38.5 Å². The highest BCUT2D eigenvalue weighted by atomic mass is 16.6. The maximum absolute atomic E-state index is 14.2. The Bertz CT molecular complexity index is 1620. The number of hydrogen-bond donors (Lipinski definition) is 1. The lowest BCUT2D eigenvalue weighted by Gasteiger charge is -2.25. The van der Waals surface area contributed by atoms with Crippen LogP contribution < -0.4 is 5.32 Å². The highest BCUT2D eigenvalue weighted by molar-refractivity contribution is 6.03. The van der Waals surface area contributed by atoms with Gasteiger partial charge in [-0.25, -0.2) is 14.3 Å². The lowest BCUT2D eigenvalue weighted by atomic mass is 9.88. The van der Waals surface area contributed by atoms with Gasteiger partial charge < -0.3 is 15.0 Å². The standard InChI is InChI=1S/C32H42N6O3/c1-19(2)28-24-15-23(22-11-13-33-14-12-22)9-10-26(24)38(27(39)17-36(8)31(40)41-32(5,6)7)29(28)25-16-37-30(34-18-35-37)21(4)20(25)3/h9-10,15-16,18-19,22,33H,11-14,17H2,1-8H3. The summed E-state index contributed by atoms with van der Waals surface area (Å²) >= 11 is 0. The molecule has 0 radical (unpaired) electrons. The molecule has 0 aliphatic carbocycles. The fourth-order valence-electron chi connectivity index (χ4n) is 5.97. The zero-order chi connectivity index (χ0) is 29.6. The molecule has 4 aromatic rings. The second kappa shape index (κ2) is 10.9. The summed E-state index contributed by atoms with van der Waals surface area (Å²) in [6, 6.07) is 6.55. The van der Waals surface area contributed by atoms with E-state index in [2.05, 4.69) is 54.4 Å². The van der Waals surface area contributed by atoms with Gasteiger partial charge in [0.05, 0.1) is 11.2 Å². The first-order chi connectivity index (χ1) is 19.4. The molecular formula is C32H42N6O3. The van der Waals surface area contributed by atoms with E-state index in [0.717, 1.165) is 70.4 Å². The van der Waals surface area contributed by atoms with Gasteiger partial charge in [0.2, 0.25) is 0 Å². The highest BCUT2D eigenvalue weighted by Crippen LogP contribution is 2.42. The van der Waals surface area contributed by atoms with Crippen molar-refractivity contribution in [3.63, 3.8) is 0 Å². The minimum absolute atomic E-state index is 0.122. The van der Waals surface area contributed by atoms with Crippen molar-refractivity contribution in [1.29, 1.82) is 0 Å². The molecule has 1 amide bonds. The number of rotatable bonds is 5. The molecule has 0 atom stereocenters. The van der Waals surface area contributed by atoms with E-state index in [-0.39, 0.29) is 18.4 Å². The monoisotopic (exact) mass is 558 g/mol. The molecule has 1 aliphatic heterocycles. The number of fused-ring (bicyclic) bond motifs is 2. The molecule has 4 heterocycles. The molecule has 1 N–H and O–H groups in total. The summed E-state index contributed by atoms with van der Waals surface area (Å²) < 4.78 is 9.13. The van der Waals surface area contributed by atoms with Crippen LogP contribution in [0.5, 0.6) is 0 Å². The van der Waals surface area contributed by atoms with E-state index in [0.29, 0.717) is 5.92 Å². The topological polar surface area (TPSA) is 93.8 Å². The van der Waals surface area contributed by atoms with E-state index in [1.165, 1.54) is 10.5 Å². The molecule has 0 spiro atoms. The first-order valence-corrected chi connectivity index (χ1v) is 14.5. The van der Waals surface area contributed by atoms with Crippen LogP contribution in [-0.4, -0.2) is 68.3 Å². The Morgan fingerprint density at radius 1 is 1.15 bits per heavy atom. The number of piperidine rings is 1. The number of ether oxygens (including phenoxy) is 1. The number of nitrogens with one attached hydrogen (secondary N) is 1. The second-order valence-corrected chi connectivity index (χ2v) is 12.6. The summed E-state index contributed by atoms with van der Waals surface area (Å²) in [5, 5.41) is 8.97. The Hall–Kier alpha value is -3.72. The number of benzene rings is 1. The summed E-state index contributed by atoms with van der Waals surface area (Å²) in [5.74, 6) is 0.423. The fourth-order valence-corrected chi connectivity index (χ4v) is 5.97. The molecule has 41 heavy (non-hydrogen) atoms. The average molecular weight is 559 g/mol. The van der Waals surface area contributed by atoms with Gasteiger partial charge in [-0.15, -0.1) is 0 Å². The van der Waals surface area contributed by atoms with Crippen molar-refractivity contribution in [3.8, 4) is 11.3 Å². The number of hydrogen-bond acceptors (Lipinski definition) is 6. The van der Waals surface area contributed by atoms with Crippen LogP contribution in [0, 0.1) is 13.8 Å². The van der Waals surface area contributed by atoms with Crippen molar-refractivity contribution in [2.75, 3.05) is 26.7 Å². The number of amides is 1. The smallest absolute Gasteiger partial charge is 0.410 e. The van der Waals surface area contributed by atoms with Gasteiger partial charge in [0.15, 0.2) is 5.65 Å². The lowest BCUT2D eigenvalue weighted by Crippen LogP contribution is -2.38. The Morgan fingerprint density at radius 3 is 2.51 bits per heavy atom. The molecule has 0 bridgehead atoms. The molecule has 1 fully saturated rings. The van der Waals surface area contributed by atoms with Crippen LogP contribution in [0.15, 0.2) is 30.7 Å². The van der Waals surface area contributed by atoms with Gasteiger partial charge in [-0.3, -0.25) is 9.36 Å². The number of carbonyl (C=O) groups is 2. The van der Waals surface area contributed by atoms with Gasteiger partial charge >= 0.3 is 6.09 Å². The molecule has 1 aromatic carbocycles. The van der Waals surface area contributed by atoms with Crippen molar-refractivity contribution in [3.05, 3.63) is 53.0 Å². The number of likely N-dealkylation sites (N-methyl/N-ethyl adjacent to an activating group) is 1. The van der Waals surface area contributed by atoms with Gasteiger partial charge in [0.1, 0.15) is 18.5 Å². The van der Waals surface area contributed by atoms with E-state index in [4.69, 9.17) is 4.74 Å². The van der Waals surface area contributed by atoms with Crippen molar-refractivity contribution in [2.45, 2.75) is 78.7 Å². The van der Waals surface area contributed by atoms with Crippen LogP contribution in [-0.2, 0) is 4.74 Å². The zero-order valence-electron chi connectivity index (χ0n) is 25.5. The Labute approximate surface area is 241 Å². The van der Waals surface area contributed by atoms with E-state index in [9.17, 15) is 9.59 Å². The van der Waals surface area contributed by atoms with Crippen molar-refractivity contribution >= 4 is 28.6 Å². The SMILES string of the molecule is Cc1c(-c2c(C(C)C)c3cc(C4CCNCC4)ccc3n2C(=O)CN(C)C(=O)OC(C)(C)C)cn2ncnc2c1C. The van der Waals surface area contributed by atoms with Gasteiger partial charge in [-0.1, -0.05) is 19.9 Å². The highest BCUT2D eigenvalue weighted by Gasteiger charge is 2.29. The molecular weight excluding hydrogens is 516 g/mol. The normalized spacial score (nSPS) is 14.8. The summed E-state index contributed by atoms with van der Waals surface area (Å²) in [4.78, 5) is 32.8. The summed E-state index contributed by atoms with van der Waals surface area (Å²) in [6.45, 7) is 15.8. The quantitative estimate of drug-likeness (QED) is 0.320. The zero-order valence-corrected chi connectivity index (χ0v) is 25.5. The van der Waals surface area contributed by atoms with Crippen LogP contribution in [0.25, 0.3) is 27.8 Å². The van der Waals surface area contributed by atoms with Crippen LogP contribution >= 0.6 is 0 Å². The third kappa shape index (κ3) is 5.47. The Balaban J connectivity index is 1.73. The van der Waals surface area contributed by atoms with Crippen molar-refractivity contribution in [2.24, 2.45) is 0 Å². The fraction of sp³-hybridized carbons (Fsp3) is 0.500. The number of carbonyl (C=O) groups excluding carboxylic acids is 2. The minimum atomic E-state index is -0.655. The van der Waals surface area contributed by atoms with E-state index < -0.39 is 11.7 Å². The maximum Gasteiger partial charge on any atom is 0.410 e. The Kier molecular flexibility index (Phi) is 7.68. The van der Waals surface area contributed by atoms with Crippen molar-refractivity contribution < 1.29 is 14.3 Å². The van der Waals surface area contributed by atoms with E-state index in [1.54, 1.807) is 17.9 Å². The molecule has 1 saturated heterocycles. The molecule has 9 heteroatoms. The second-order valence-electron chi connectivity index (χ2n) is 12.6. The summed E-state index contributed by atoms with van der Waals surface area (Å²) in [5.41, 5.74) is 7.24. The van der Waals surface area contributed by atoms with E-state index >= 15 is 0 Å². The molecule has 1 aliphatic rings. The number of aromatic nitrogens is 4. The molecule has 5 rings (SSSR count). The molecule has 9 nitrogen and oxygen atoms in total. The molecule has 3 aromatic heterocycles. The van der Waals surface area contributed by atoms with Gasteiger partial charge in [-0.2, -0.15) is 5.10 Å².